The molecule has 0 aliphatic rings. The molecule has 2 rings (SSSR count). The van der Waals surface area contributed by atoms with Gasteiger partial charge in [-0.15, -0.1) is 11.8 Å². The van der Waals surface area contributed by atoms with Gasteiger partial charge in [-0.05, 0) is 12.3 Å². The number of hydrogen-bond acceptors (Lipinski definition) is 4. The summed E-state index contributed by atoms with van der Waals surface area (Å²) >= 11 is 1.58. The number of aromatic nitrogens is 3. The summed E-state index contributed by atoms with van der Waals surface area (Å²) in [6.07, 6.45) is 3.94. The Bertz CT molecular complexity index is 449. The van der Waals surface area contributed by atoms with Crippen LogP contribution in [0.3, 0.4) is 0 Å². The fourth-order valence-corrected chi connectivity index (χ4v) is 1.84. The van der Waals surface area contributed by atoms with Crippen molar-refractivity contribution in [3.8, 4) is 0 Å². The molecule has 4 nitrogen and oxygen atoms in total. The summed E-state index contributed by atoms with van der Waals surface area (Å²) in [7, 11) is 1.94. The van der Waals surface area contributed by atoms with E-state index in [1.165, 1.54) is 0 Å². The Labute approximate surface area is 80.2 Å². The van der Waals surface area contributed by atoms with Gasteiger partial charge in [0.15, 0.2) is 0 Å². The molecule has 68 valence electrons. The molecule has 2 N–H and O–H groups in total. The van der Waals surface area contributed by atoms with E-state index in [1.54, 1.807) is 11.8 Å². The van der Waals surface area contributed by atoms with E-state index in [9.17, 15) is 0 Å². The van der Waals surface area contributed by atoms with Crippen LogP contribution in [0.1, 0.15) is 0 Å². The first-order valence-corrected chi connectivity index (χ1v) is 5.07. The highest BCUT2D eigenvalue weighted by atomic mass is 32.2. The third-order valence-corrected chi connectivity index (χ3v) is 2.60. The maximum atomic E-state index is 5.58. The monoisotopic (exact) mass is 194 g/mol. The molecule has 0 radical (unpaired) electrons. The van der Waals surface area contributed by atoms with Gasteiger partial charge < -0.3 is 10.3 Å². The van der Waals surface area contributed by atoms with Crippen molar-refractivity contribution in [3.05, 3.63) is 12.3 Å². The summed E-state index contributed by atoms with van der Waals surface area (Å²) in [4.78, 5) is 8.31. The highest BCUT2D eigenvalue weighted by molar-refractivity contribution is 7.98. The molecule has 0 aliphatic heterocycles. The minimum absolute atomic E-state index is 0.332. The van der Waals surface area contributed by atoms with Crippen LogP contribution in [0, 0.1) is 0 Å². The average molecular weight is 194 g/mol. The summed E-state index contributed by atoms with van der Waals surface area (Å²) in [6.45, 7) is 0. The molecule has 0 amide bonds. The van der Waals surface area contributed by atoms with Crippen molar-refractivity contribution >= 4 is 28.7 Å². The second kappa shape index (κ2) is 2.92. The quantitative estimate of drug-likeness (QED) is 0.548. The fourth-order valence-electron chi connectivity index (χ4n) is 1.28. The highest BCUT2D eigenvalue weighted by Gasteiger charge is 2.07. The Kier molecular flexibility index (Phi) is 1.88. The predicted octanol–water partition coefficient (Wildman–Crippen LogP) is 1.27. The van der Waals surface area contributed by atoms with Crippen molar-refractivity contribution < 1.29 is 0 Å². The second-order valence-electron chi connectivity index (χ2n) is 2.76. The summed E-state index contributed by atoms with van der Waals surface area (Å²) in [5, 5.41) is 1.99. The fraction of sp³-hybridized carbons (Fsp3) is 0.250. The molecule has 2 heterocycles. The van der Waals surface area contributed by atoms with Crippen LogP contribution in [-0.2, 0) is 7.05 Å². The largest absolute Gasteiger partial charge is 0.368 e. The lowest BCUT2D eigenvalue weighted by molar-refractivity contribution is 0.940. The van der Waals surface area contributed by atoms with Crippen molar-refractivity contribution in [1.29, 1.82) is 0 Å². The van der Waals surface area contributed by atoms with Crippen molar-refractivity contribution in [3.63, 3.8) is 0 Å². The number of hydrogen-bond donors (Lipinski definition) is 1. The van der Waals surface area contributed by atoms with Crippen LogP contribution >= 0.6 is 11.8 Å². The van der Waals surface area contributed by atoms with Gasteiger partial charge in [0.1, 0.15) is 10.7 Å². The molecular formula is C8H10N4S. The van der Waals surface area contributed by atoms with E-state index in [-0.39, 0.29) is 0 Å². The van der Waals surface area contributed by atoms with Crippen LogP contribution in [0.4, 0.5) is 5.95 Å². The Morgan fingerprint density at radius 1 is 1.46 bits per heavy atom. The third kappa shape index (κ3) is 1.25. The standard InChI is InChI=1S/C8H10N4S/c1-12-4-3-5-6(12)10-8(9)11-7(5)13-2/h3-4H,1-2H3,(H2,9,10,11). The Morgan fingerprint density at radius 3 is 2.92 bits per heavy atom. The zero-order valence-electron chi connectivity index (χ0n) is 7.48. The molecule has 0 saturated carbocycles. The van der Waals surface area contributed by atoms with Gasteiger partial charge >= 0.3 is 0 Å². The molecule has 0 aromatic carbocycles. The number of anilines is 1. The van der Waals surface area contributed by atoms with Crippen LogP contribution in [0.5, 0.6) is 0 Å². The molecule has 0 atom stereocenters. The van der Waals surface area contributed by atoms with Crippen molar-refractivity contribution in [2.75, 3.05) is 12.0 Å². The summed E-state index contributed by atoms with van der Waals surface area (Å²) in [5.41, 5.74) is 6.47. The van der Waals surface area contributed by atoms with Crippen LogP contribution < -0.4 is 5.73 Å². The SMILES string of the molecule is CSc1nc(N)nc2c1ccn2C. The van der Waals surface area contributed by atoms with Gasteiger partial charge in [-0.25, -0.2) is 4.98 Å². The lowest BCUT2D eigenvalue weighted by Gasteiger charge is -2.00. The van der Waals surface area contributed by atoms with Gasteiger partial charge in [0.25, 0.3) is 0 Å². The molecule has 0 bridgehead atoms. The Hall–Kier alpha value is -1.23. The number of fused-ring (bicyclic) bond motifs is 1. The zero-order valence-corrected chi connectivity index (χ0v) is 8.30. The van der Waals surface area contributed by atoms with Gasteiger partial charge in [0, 0.05) is 13.2 Å². The number of nitrogen functional groups attached to an aromatic ring is 1. The number of rotatable bonds is 1. The number of nitrogens with two attached hydrogens (primary N) is 1. The normalized spacial score (nSPS) is 10.9. The maximum absolute atomic E-state index is 5.58. The van der Waals surface area contributed by atoms with E-state index in [2.05, 4.69) is 9.97 Å². The number of nitrogens with zero attached hydrogens (tertiary/aromatic N) is 3. The highest BCUT2D eigenvalue weighted by Crippen LogP contribution is 2.24. The van der Waals surface area contributed by atoms with Crippen molar-refractivity contribution in [2.24, 2.45) is 7.05 Å². The van der Waals surface area contributed by atoms with Crippen molar-refractivity contribution in [2.45, 2.75) is 5.03 Å². The predicted molar refractivity (Wildman–Crippen MR) is 54.7 cm³/mol. The second-order valence-corrected chi connectivity index (χ2v) is 3.55. The number of aryl methyl sites for hydroxylation is 1. The van der Waals surface area contributed by atoms with Crippen LogP contribution in [0.15, 0.2) is 17.3 Å². The minimum atomic E-state index is 0.332. The molecule has 5 heteroatoms. The smallest absolute Gasteiger partial charge is 0.223 e. The molecule has 2 aromatic heterocycles. The first-order chi connectivity index (χ1) is 6.22. The van der Waals surface area contributed by atoms with E-state index < -0.39 is 0 Å². The summed E-state index contributed by atoms with van der Waals surface area (Å²) < 4.78 is 1.94. The number of thioether (sulfide) groups is 1. The van der Waals surface area contributed by atoms with E-state index >= 15 is 0 Å². The van der Waals surface area contributed by atoms with Crippen LogP contribution in [0.25, 0.3) is 11.0 Å². The van der Waals surface area contributed by atoms with Gasteiger partial charge in [-0.1, -0.05) is 0 Å². The topological polar surface area (TPSA) is 56.7 Å². The summed E-state index contributed by atoms with van der Waals surface area (Å²) in [6, 6.07) is 2.00. The third-order valence-electron chi connectivity index (χ3n) is 1.90. The van der Waals surface area contributed by atoms with Crippen molar-refractivity contribution in [1.82, 2.24) is 14.5 Å². The lowest BCUT2D eigenvalue weighted by Crippen LogP contribution is -1.98. The van der Waals surface area contributed by atoms with Gasteiger partial charge in [0.2, 0.25) is 5.95 Å². The van der Waals surface area contributed by atoms with E-state index in [0.29, 0.717) is 5.95 Å². The Morgan fingerprint density at radius 2 is 2.23 bits per heavy atom. The van der Waals surface area contributed by atoms with Gasteiger partial charge in [-0.2, -0.15) is 4.98 Å². The van der Waals surface area contributed by atoms with E-state index in [0.717, 1.165) is 16.1 Å². The average Bonchev–Trinajstić information content (AvgIpc) is 2.47. The Balaban J connectivity index is 2.84. The zero-order chi connectivity index (χ0) is 9.42. The van der Waals surface area contributed by atoms with Crippen LogP contribution in [0.2, 0.25) is 0 Å². The van der Waals surface area contributed by atoms with Gasteiger partial charge in [-0.3, -0.25) is 0 Å². The lowest BCUT2D eigenvalue weighted by atomic mass is 10.4. The molecule has 0 aliphatic carbocycles. The molecular weight excluding hydrogens is 184 g/mol. The first kappa shape index (κ1) is 8.37. The van der Waals surface area contributed by atoms with Gasteiger partial charge in [0.05, 0.1) is 5.39 Å². The molecule has 13 heavy (non-hydrogen) atoms. The molecule has 2 aromatic rings. The molecule has 0 saturated heterocycles. The minimum Gasteiger partial charge on any atom is -0.368 e. The molecule has 0 unspecified atom stereocenters. The van der Waals surface area contributed by atoms with Crippen LogP contribution in [-0.4, -0.2) is 20.8 Å². The molecule has 0 spiro atoms. The summed E-state index contributed by atoms with van der Waals surface area (Å²) in [5.74, 6) is 0.332. The van der Waals surface area contributed by atoms with E-state index in [1.807, 2.05) is 30.1 Å². The first-order valence-electron chi connectivity index (χ1n) is 3.85. The van der Waals surface area contributed by atoms with E-state index in [4.69, 9.17) is 5.73 Å². The molecule has 0 fully saturated rings. The maximum Gasteiger partial charge on any atom is 0.223 e.